The van der Waals surface area contributed by atoms with Crippen LogP contribution in [0.3, 0.4) is 0 Å². The van der Waals surface area contributed by atoms with Gasteiger partial charge in [-0.05, 0) is 40.1 Å². The van der Waals surface area contributed by atoms with Crippen LogP contribution in [-0.2, 0) is 6.42 Å². The van der Waals surface area contributed by atoms with Crippen LogP contribution in [0.5, 0.6) is 0 Å². The van der Waals surface area contributed by atoms with Gasteiger partial charge >= 0.3 is 0 Å². The van der Waals surface area contributed by atoms with Gasteiger partial charge < -0.3 is 6.15 Å². The second-order valence-corrected chi connectivity index (χ2v) is 4.52. The summed E-state index contributed by atoms with van der Waals surface area (Å²) in [7, 11) is 0. The van der Waals surface area contributed by atoms with E-state index in [1.165, 1.54) is 33.0 Å². The van der Waals surface area contributed by atoms with Gasteiger partial charge in [-0.1, -0.05) is 36.4 Å². The summed E-state index contributed by atoms with van der Waals surface area (Å²) < 4.78 is 0. The summed E-state index contributed by atoms with van der Waals surface area (Å²) in [5.74, 6) is 0. The van der Waals surface area contributed by atoms with Crippen LogP contribution in [0.25, 0.3) is 21.9 Å². The SMILES string of the molecule is N.c1ccc2c(c1)Cc1c-2ccc2ccncc12. The van der Waals surface area contributed by atoms with Crippen molar-refractivity contribution in [3.8, 4) is 11.1 Å². The summed E-state index contributed by atoms with van der Waals surface area (Å²) in [6, 6.07) is 15.2. The summed E-state index contributed by atoms with van der Waals surface area (Å²) in [5, 5.41) is 2.58. The van der Waals surface area contributed by atoms with E-state index < -0.39 is 0 Å². The molecule has 18 heavy (non-hydrogen) atoms. The molecule has 0 fully saturated rings. The lowest BCUT2D eigenvalue weighted by Crippen LogP contribution is -1.84. The fraction of sp³-hybridized carbons (Fsp3) is 0.0625. The molecular weight excluding hydrogens is 220 g/mol. The van der Waals surface area contributed by atoms with E-state index in [1.54, 1.807) is 0 Å². The van der Waals surface area contributed by atoms with Crippen molar-refractivity contribution in [3.63, 3.8) is 0 Å². The van der Waals surface area contributed by atoms with Crippen molar-refractivity contribution < 1.29 is 0 Å². The first kappa shape index (κ1) is 10.9. The molecule has 0 spiro atoms. The lowest BCUT2D eigenvalue weighted by Gasteiger charge is -2.04. The number of benzene rings is 2. The van der Waals surface area contributed by atoms with Crippen molar-refractivity contribution in [1.29, 1.82) is 0 Å². The molecule has 1 aliphatic carbocycles. The maximum absolute atomic E-state index is 4.25. The summed E-state index contributed by atoms with van der Waals surface area (Å²) in [6.45, 7) is 0. The van der Waals surface area contributed by atoms with Gasteiger partial charge in [0.25, 0.3) is 0 Å². The van der Waals surface area contributed by atoms with Crippen LogP contribution in [0.1, 0.15) is 11.1 Å². The first-order valence-corrected chi connectivity index (χ1v) is 5.87. The molecule has 2 nitrogen and oxygen atoms in total. The van der Waals surface area contributed by atoms with Gasteiger partial charge in [0.1, 0.15) is 0 Å². The molecule has 0 unspecified atom stereocenters. The van der Waals surface area contributed by atoms with Crippen LogP contribution >= 0.6 is 0 Å². The lowest BCUT2D eigenvalue weighted by atomic mass is 10.0. The highest BCUT2D eigenvalue weighted by atomic mass is 14.6. The molecule has 2 heteroatoms. The molecule has 0 saturated carbocycles. The molecule has 0 aliphatic heterocycles. The predicted molar refractivity (Wildman–Crippen MR) is 75.0 cm³/mol. The molecule has 3 N–H and O–H groups in total. The monoisotopic (exact) mass is 234 g/mol. The number of hydrogen-bond donors (Lipinski definition) is 1. The summed E-state index contributed by atoms with van der Waals surface area (Å²) in [6.07, 6.45) is 4.88. The lowest BCUT2D eigenvalue weighted by molar-refractivity contribution is 1.27. The molecular formula is C16H14N2. The Hall–Kier alpha value is -2.19. The average Bonchev–Trinajstić information content (AvgIpc) is 2.78. The topological polar surface area (TPSA) is 47.9 Å². The smallest absolute Gasteiger partial charge is 0.0349 e. The molecule has 0 bridgehead atoms. The summed E-state index contributed by atoms with van der Waals surface area (Å²) in [4.78, 5) is 4.25. The zero-order chi connectivity index (χ0) is 11.2. The van der Waals surface area contributed by atoms with Gasteiger partial charge in [-0.2, -0.15) is 0 Å². The molecule has 88 valence electrons. The molecule has 1 aliphatic rings. The Labute approximate surface area is 106 Å². The van der Waals surface area contributed by atoms with Crippen molar-refractivity contribution >= 4 is 10.8 Å². The van der Waals surface area contributed by atoms with Gasteiger partial charge in [-0.25, -0.2) is 0 Å². The highest BCUT2D eigenvalue weighted by molar-refractivity contribution is 5.94. The van der Waals surface area contributed by atoms with Crippen LogP contribution < -0.4 is 6.15 Å². The van der Waals surface area contributed by atoms with Crippen LogP contribution in [0, 0.1) is 0 Å². The first-order chi connectivity index (χ1) is 8.43. The number of nitrogens with zero attached hydrogens (tertiary/aromatic N) is 1. The van der Waals surface area contributed by atoms with Crippen LogP contribution in [-0.4, -0.2) is 4.98 Å². The van der Waals surface area contributed by atoms with E-state index in [1.807, 2.05) is 12.4 Å². The standard InChI is InChI=1S/C16H11N.H3N/c1-2-4-13-12(3-1)9-15-14(13)6-5-11-7-8-17-10-16(11)15;/h1-8,10H,9H2;1H3. The molecule has 3 aromatic rings. The number of aromatic nitrogens is 1. The fourth-order valence-corrected chi connectivity index (χ4v) is 2.79. The largest absolute Gasteiger partial charge is 0.344 e. The molecule has 1 heterocycles. The van der Waals surface area contributed by atoms with Crippen LogP contribution in [0.15, 0.2) is 54.9 Å². The number of rotatable bonds is 0. The molecule has 0 saturated heterocycles. The molecule has 0 amide bonds. The quantitative estimate of drug-likeness (QED) is 0.500. The summed E-state index contributed by atoms with van der Waals surface area (Å²) >= 11 is 0. The molecule has 1 aromatic heterocycles. The number of pyridine rings is 1. The zero-order valence-corrected chi connectivity index (χ0v) is 10.1. The Balaban J connectivity index is 0.000001000. The first-order valence-electron chi connectivity index (χ1n) is 5.87. The average molecular weight is 234 g/mol. The predicted octanol–water partition coefficient (Wildman–Crippen LogP) is 3.97. The van der Waals surface area contributed by atoms with E-state index in [2.05, 4.69) is 47.4 Å². The Morgan fingerprint density at radius 2 is 1.78 bits per heavy atom. The van der Waals surface area contributed by atoms with Crippen molar-refractivity contribution in [2.24, 2.45) is 0 Å². The number of hydrogen-bond acceptors (Lipinski definition) is 2. The highest BCUT2D eigenvalue weighted by Crippen LogP contribution is 2.39. The second-order valence-electron chi connectivity index (χ2n) is 4.52. The molecule has 0 atom stereocenters. The minimum absolute atomic E-state index is 0. The fourth-order valence-electron chi connectivity index (χ4n) is 2.79. The van der Waals surface area contributed by atoms with Crippen LogP contribution in [0.4, 0.5) is 0 Å². The van der Waals surface area contributed by atoms with Gasteiger partial charge in [0, 0.05) is 17.8 Å². The Morgan fingerprint density at radius 3 is 2.72 bits per heavy atom. The van der Waals surface area contributed by atoms with Crippen molar-refractivity contribution in [1.82, 2.24) is 11.1 Å². The third kappa shape index (κ3) is 1.36. The van der Waals surface area contributed by atoms with Crippen molar-refractivity contribution in [2.45, 2.75) is 6.42 Å². The van der Waals surface area contributed by atoms with Crippen molar-refractivity contribution in [3.05, 3.63) is 66.0 Å². The Kier molecular flexibility index (Phi) is 2.39. The normalized spacial score (nSPS) is 11.8. The number of fused-ring (bicyclic) bond motifs is 5. The molecule has 4 rings (SSSR count). The summed E-state index contributed by atoms with van der Waals surface area (Å²) in [5.41, 5.74) is 5.62. The maximum Gasteiger partial charge on any atom is 0.0349 e. The van der Waals surface area contributed by atoms with Gasteiger partial charge in [-0.15, -0.1) is 0 Å². The second kappa shape index (κ2) is 3.93. The minimum Gasteiger partial charge on any atom is -0.344 e. The van der Waals surface area contributed by atoms with Gasteiger partial charge in [0.05, 0.1) is 0 Å². The van der Waals surface area contributed by atoms with Crippen LogP contribution in [0.2, 0.25) is 0 Å². The van der Waals surface area contributed by atoms with Gasteiger partial charge in [0.2, 0.25) is 0 Å². The van der Waals surface area contributed by atoms with E-state index in [-0.39, 0.29) is 6.15 Å². The van der Waals surface area contributed by atoms with Gasteiger partial charge in [-0.3, -0.25) is 4.98 Å². The Morgan fingerprint density at radius 1 is 0.889 bits per heavy atom. The third-order valence-corrected chi connectivity index (χ3v) is 3.61. The van der Waals surface area contributed by atoms with E-state index >= 15 is 0 Å². The maximum atomic E-state index is 4.25. The third-order valence-electron chi connectivity index (χ3n) is 3.61. The highest BCUT2D eigenvalue weighted by Gasteiger charge is 2.19. The minimum atomic E-state index is 0. The zero-order valence-electron chi connectivity index (χ0n) is 10.1. The van der Waals surface area contributed by atoms with E-state index in [0.29, 0.717) is 0 Å². The molecule has 0 radical (unpaired) electrons. The van der Waals surface area contributed by atoms with E-state index in [4.69, 9.17) is 0 Å². The molecule has 2 aromatic carbocycles. The van der Waals surface area contributed by atoms with E-state index in [9.17, 15) is 0 Å². The van der Waals surface area contributed by atoms with E-state index in [0.717, 1.165) is 6.42 Å². The Bertz CT molecular complexity index is 732. The van der Waals surface area contributed by atoms with Crippen molar-refractivity contribution in [2.75, 3.05) is 0 Å². The van der Waals surface area contributed by atoms with Gasteiger partial charge in [0.15, 0.2) is 0 Å².